The molecule has 2 rings (SSSR count). The minimum absolute atomic E-state index is 0.236. The number of carbonyl (C=O) groups is 3. The number of nitrogens with zero attached hydrogens (tertiary/aromatic N) is 2. The summed E-state index contributed by atoms with van der Waals surface area (Å²) in [4.78, 5) is 40.0. The molecule has 2 N–H and O–H groups in total. The number of benzene rings is 1. The maximum Gasteiger partial charge on any atom is 0.310 e. The van der Waals surface area contributed by atoms with Crippen molar-refractivity contribution >= 4 is 39.3 Å². The zero-order chi connectivity index (χ0) is 17.9. The highest BCUT2D eigenvalue weighted by molar-refractivity contribution is 9.10. The molecule has 0 aliphatic carbocycles. The largest absolute Gasteiger partial charge is 0.347 e. The Morgan fingerprint density at radius 3 is 2.62 bits per heavy atom. The van der Waals surface area contributed by atoms with Crippen molar-refractivity contribution in [3.05, 3.63) is 28.2 Å². The van der Waals surface area contributed by atoms with E-state index in [4.69, 9.17) is 0 Å². The number of hydrogen-bond donors (Lipinski definition) is 2. The first-order chi connectivity index (χ1) is 11.3. The molecule has 1 aromatic carbocycles. The first-order valence-electron chi connectivity index (χ1n) is 7.69. The summed E-state index contributed by atoms with van der Waals surface area (Å²) >= 11 is 3.37. The van der Waals surface area contributed by atoms with Gasteiger partial charge in [-0.25, -0.2) is 0 Å². The monoisotopic (exact) mass is 396 g/mol. The number of anilines is 1. The normalized spacial score (nSPS) is 16.3. The molecule has 130 valence electrons. The highest BCUT2D eigenvalue weighted by Crippen LogP contribution is 2.37. The van der Waals surface area contributed by atoms with Crippen LogP contribution in [0.5, 0.6) is 0 Å². The molecule has 0 saturated heterocycles. The van der Waals surface area contributed by atoms with Gasteiger partial charge in [-0.3, -0.25) is 14.4 Å². The van der Waals surface area contributed by atoms with E-state index in [-0.39, 0.29) is 5.91 Å². The van der Waals surface area contributed by atoms with Crippen molar-refractivity contribution in [2.75, 3.05) is 38.6 Å². The van der Waals surface area contributed by atoms with E-state index < -0.39 is 17.9 Å². The Bertz CT molecular complexity index is 663. The van der Waals surface area contributed by atoms with Crippen molar-refractivity contribution in [1.29, 1.82) is 0 Å². The smallest absolute Gasteiger partial charge is 0.310 e. The van der Waals surface area contributed by atoms with Crippen LogP contribution in [0.1, 0.15) is 18.5 Å². The van der Waals surface area contributed by atoms with Crippen LogP contribution in [-0.2, 0) is 14.4 Å². The summed E-state index contributed by atoms with van der Waals surface area (Å²) in [7, 11) is 3.75. The van der Waals surface area contributed by atoms with Crippen molar-refractivity contribution in [2.24, 2.45) is 0 Å². The molecule has 0 unspecified atom stereocenters. The average Bonchev–Trinajstić information content (AvgIpc) is 2.78. The number of likely N-dealkylation sites (N-methyl/N-ethyl adjacent to an activating group) is 2. The highest BCUT2D eigenvalue weighted by Gasteiger charge is 2.38. The lowest BCUT2D eigenvalue weighted by atomic mass is 10.1. The quantitative estimate of drug-likeness (QED) is 0.715. The van der Waals surface area contributed by atoms with Gasteiger partial charge in [-0.2, -0.15) is 0 Å². The molecule has 24 heavy (non-hydrogen) atoms. The van der Waals surface area contributed by atoms with Crippen LogP contribution in [0.3, 0.4) is 0 Å². The van der Waals surface area contributed by atoms with Gasteiger partial charge in [0.2, 0.25) is 0 Å². The Balaban J connectivity index is 2.09. The molecule has 1 atom stereocenters. The third kappa shape index (κ3) is 3.93. The van der Waals surface area contributed by atoms with E-state index in [9.17, 15) is 14.4 Å². The Labute approximate surface area is 149 Å². The predicted octanol–water partition coefficient (Wildman–Crippen LogP) is 0.651. The van der Waals surface area contributed by atoms with Gasteiger partial charge in [-0.1, -0.05) is 15.9 Å². The number of amides is 3. The van der Waals surface area contributed by atoms with E-state index in [0.717, 1.165) is 10.2 Å². The van der Waals surface area contributed by atoms with E-state index in [1.165, 1.54) is 0 Å². The fourth-order valence-corrected chi connectivity index (χ4v) is 2.92. The maximum atomic E-state index is 12.5. The summed E-state index contributed by atoms with van der Waals surface area (Å²) in [6, 6.07) is 4.61. The van der Waals surface area contributed by atoms with Crippen LogP contribution in [0.4, 0.5) is 5.69 Å². The molecule has 1 aliphatic rings. The first-order valence-corrected chi connectivity index (χ1v) is 8.48. The zero-order valence-electron chi connectivity index (χ0n) is 13.9. The molecule has 1 aliphatic heterocycles. The summed E-state index contributed by atoms with van der Waals surface area (Å²) in [5, 5.41) is 5.07. The maximum absolute atomic E-state index is 12.5. The molecule has 0 radical (unpaired) electrons. The number of fused-ring (bicyclic) bond motifs is 1. The summed E-state index contributed by atoms with van der Waals surface area (Å²) in [5.74, 6) is -1.79. The predicted molar refractivity (Wildman–Crippen MR) is 94.6 cm³/mol. The zero-order valence-corrected chi connectivity index (χ0v) is 15.5. The van der Waals surface area contributed by atoms with Gasteiger partial charge in [0, 0.05) is 35.4 Å². The second-order valence-electron chi connectivity index (χ2n) is 5.75. The molecule has 0 saturated carbocycles. The Morgan fingerprint density at radius 2 is 2.00 bits per heavy atom. The van der Waals surface area contributed by atoms with Crippen molar-refractivity contribution in [2.45, 2.75) is 13.0 Å². The summed E-state index contributed by atoms with van der Waals surface area (Å²) < 4.78 is 0.807. The molecule has 3 amide bonds. The minimum atomic E-state index is -0.843. The van der Waals surface area contributed by atoms with Crippen LogP contribution in [0.2, 0.25) is 0 Å². The van der Waals surface area contributed by atoms with Gasteiger partial charge in [0.05, 0.1) is 0 Å². The lowest BCUT2D eigenvalue weighted by molar-refractivity contribution is -0.140. The molecule has 0 fully saturated rings. The number of rotatable bonds is 5. The second-order valence-corrected chi connectivity index (χ2v) is 6.67. The Hall–Kier alpha value is -1.93. The van der Waals surface area contributed by atoms with Crippen molar-refractivity contribution in [3.8, 4) is 0 Å². The number of halogens is 1. The number of nitrogens with one attached hydrogen (secondary N) is 2. The van der Waals surface area contributed by atoms with E-state index in [1.807, 2.05) is 38.1 Å². The fraction of sp³-hybridized carbons (Fsp3) is 0.438. The third-order valence-electron chi connectivity index (χ3n) is 3.75. The van der Waals surface area contributed by atoms with E-state index in [2.05, 4.69) is 26.6 Å². The molecule has 0 aromatic heterocycles. The first kappa shape index (κ1) is 18.4. The molecule has 0 spiro atoms. The number of hydrogen-bond acceptors (Lipinski definition) is 4. The summed E-state index contributed by atoms with van der Waals surface area (Å²) in [6.07, 6.45) is 0. The van der Waals surface area contributed by atoms with E-state index in [0.29, 0.717) is 25.2 Å². The van der Waals surface area contributed by atoms with Crippen LogP contribution >= 0.6 is 15.9 Å². The van der Waals surface area contributed by atoms with Crippen molar-refractivity contribution in [3.63, 3.8) is 0 Å². The molecule has 1 heterocycles. The van der Waals surface area contributed by atoms with Gasteiger partial charge in [0.15, 0.2) is 0 Å². The molecule has 7 nitrogen and oxygen atoms in total. The highest BCUT2D eigenvalue weighted by atomic mass is 79.9. The Morgan fingerprint density at radius 1 is 1.29 bits per heavy atom. The topological polar surface area (TPSA) is 81.8 Å². The lowest BCUT2D eigenvalue weighted by Crippen LogP contribution is -2.45. The van der Waals surface area contributed by atoms with Crippen LogP contribution in [0, 0.1) is 0 Å². The van der Waals surface area contributed by atoms with E-state index >= 15 is 0 Å². The average molecular weight is 397 g/mol. The van der Waals surface area contributed by atoms with Crippen LogP contribution in [-0.4, -0.2) is 56.4 Å². The molecule has 1 aromatic rings. The van der Waals surface area contributed by atoms with Crippen molar-refractivity contribution in [1.82, 2.24) is 15.5 Å². The minimum Gasteiger partial charge on any atom is -0.347 e. The number of carbonyl (C=O) groups excluding carboxylic acids is 3. The SMILES string of the molecule is CCN1C(=O)[C@@H](NC(=O)C(=O)NCCN(C)C)c2cc(Br)ccc21. The standard InChI is InChI=1S/C16H21BrN4O3/c1-4-21-12-6-5-10(17)9-11(12)13(16(21)24)19-15(23)14(22)18-7-8-20(2)3/h5-6,9,13H,4,7-8H2,1-3H3,(H,18,22)(H,19,23)/t13-/m0/s1. The second kappa shape index (κ2) is 7.76. The molecular weight excluding hydrogens is 376 g/mol. The van der Waals surface area contributed by atoms with E-state index in [1.54, 1.807) is 11.0 Å². The lowest BCUT2D eigenvalue weighted by Gasteiger charge is -2.15. The molecule has 0 bridgehead atoms. The van der Waals surface area contributed by atoms with Crippen LogP contribution in [0.25, 0.3) is 0 Å². The van der Waals surface area contributed by atoms with Gasteiger partial charge in [-0.15, -0.1) is 0 Å². The van der Waals surface area contributed by atoms with Gasteiger partial charge in [-0.05, 0) is 39.2 Å². The van der Waals surface area contributed by atoms with Crippen LogP contribution < -0.4 is 15.5 Å². The van der Waals surface area contributed by atoms with Crippen molar-refractivity contribution < 1.29 is 14.4 Å². The summed E-state index contributed by atoms with van der Waals surface area (Å²) in [5.41, 5.74) is 1.44. The van der Waals surface area contributed by atoms with Gasteiger partial charge in [0.1, 0.15) is 6.04 Å². The fourth-order valence-electron chi connectivity index (χ4n) is 2.55. The summed E-state index contributed by atoms with van der Waals surface area (Å²) in [6.45, 7) is 3.35. The Kier molecular flexibility index (Phi) is 5.95. The van der Waals surface area contributed by atoms with Gasteiger partial charge in [0.25, 0.3) is 5.91 Å². The third-order valence-corrected chi connectivity index (χ3v) is 4.24. The van der Waals surface area contributed by atoms with Gasteiger partial charge >= 0.3 is 11.8 Å². The molecular formula is C16H21BrN4O3. The molecule has 8 heteroatoms. The van der Waals surface area contributed by atoms with Gasteiger partial charge < -0.3 is 20.4 Å². The van der Waals surface area contributed by atoms with Crippen LogP contribution in [0.15, 0.2) is 22.7 Å².